The lowest BCUT2D eigenvalue weighted by Crippen LogP contribution is -2.41. The van der Waals surface area contributed by atoms with Crippen molar-refractivity contribution in [2.45, 2.75) is 37.6 Å². The van der Waals surface area contributed by atoms with E-state index in [1.807, 2.05) is 0 Å². The first-order valence-electron chi connectivity index (χ1n) is 7.07. The fourth-order valence-corrected chi connectivity index (χ4v) is 3.15. The molecule has 2 heterocycles. The Morgan fingerprint density at radius 3 is 2.95 bits per heavy atom. The quantitative estimate of drug-likeness (QED) is 0.931. The molecule has 0 radical (unpaired) electrons. The highest BCUT2D eigenvalue weighted by molar-refractivity contribution is 6.30. The van der Waals surface area contributed by atoms with Crippen LogP contribution in [-0.2, 0) is 16.1 Å². The van der Waals surface area contributed by atoms with Crippen LogP contribution in [-0.4, -0.2) is 31.4 Å². The van der Waals surface area contributed by atoms with Crippen molar-refractivity contribution in [2.24, 2.45) is 0 Å². The molecule has 2 aliphatic rings. The molecule has 0 aliphatic carbocycles. The van der Waals surface area contributed by atoms with E-state index in [0.717, 1.165) is 32.4 Å². The van der Waals surface area contributed by atoms with Crippen molar-refractivity contribution in [3.63, 3.8) is 0 Å². The average Bonchev–Trinajstić information content (AvgIpc) is 2.82. The highest BCUT2D eigenvalue weighted by Gasteiger charge is 2.41. The van der Waals surface area contributed by atoms with Crippen LogP contribution in [0.3, 0.4) is 0 Å². The van der Waals surface area contributed by atoms with Crippen LogP contribution in [0.1, 0.15) is 24.8 Å². The smallest absolute Gasteiger partial charge is 0.130 e. The lowest BCUT2D eigenvalue weighted by molar-refractivity contribution is -0.0241. The van der Waals surface area contributed by atoms with E-state index < -0.39 is 0 Å². The van der Waals surface area contributed by atoms with Gasteiger partial charge in [-0.05, 0) is 38.1 Å². The van der Waals surface area contributed by atoms with Crippen LogP contribution < -0.4 is 5.32 Å². The van der Waals surface area contributed by atoms with E-state index in [1.165, 1.54) is 6.07 Å². The van der Waals surface area contributed by atoms with Crippen molar-refractivity contribution in [3.05, 3.63) is 34.6 Å². The molecule has 3 nitrogen and oxygen atoms in total. The Labute approximate surface area is 123 Å². The molecule has 5 heteroatoms. The molecule has 0 saturated carbocycles. The molecule has 1 spiro atoms. The third-order valence-corrected chi connectivity index (χ3v) is 4.41. The van der Waals surface area contributed by atoms with Crippen LogP contribution in [0.4, 0.5) is 4.39 Å². The molecule has 0 bridgehead atoms. The molecule has 1 N–H and O–H groups in total. The molecule has 2 fully saturated rings. The molecule has 0 amide bonds. The Balaban J connectivity index is 1.54. The molecular weight excluding hydrogens is 281 g/mol. The summed E-state index contributed by atoms with van der Waals surface area (Å²) in [4.78, 5) is 0. The van der Waals surface area contributed by atoms with E-state index in [4.69, 9.17) is 21.1 Å². The van der Waals surface area contributed by atoms with Crippen molar-refractivity contribution >= 4 is 11.6 Å². The predicted molar refractivity (Wildman–Crippen MR) is 75.4 cm³/mol. The summed E-state index contributed by atoms with van der Waals surface area (Å²) < 4.78 is 25.4. The molecule has 1 aromatic rings. The fourth-order valence-electron chi connectivity index (χ4n) is 2.99. The number of hydrogen-bond donors (Lipinski definition) is 1. The van der Waals surface area contributed by atoms with Crippen LogP contribution >= 0.6 is 11.6 Å². The van der Waals surface area contributed by atoms with E-state index >= 15 is 0 Å². The standard InChI is InChI=1S/C15H19ClFNO2/c16-12-2-1-11(14(17)7-12)9-19-13-8-15(20-10-13)3-5-18-6-4-15/h1-2,7,13,18H,3-6,8-10H2. The second-order valence-electron chi connectivity index (χ2n) is 5.62. The second-order valence-corrected chi connectivity index (χ2v) is 6.05. The second kappa shape index (κ2) is 5.98. The SMILES string of the molecule is Fc1cc(Cl)ccc1COC1COC2(CCNCC2)C1. The summed E-state index contributed by atoms with van der Waals surface area (Å²) in [5, 5.41) is 3.75. The van der Waals surface area contributed by atoms with Crippen molar-refractivity contribution in [1.29, 1.82) is 0 Å². The van der Waals surface area contributed by atoms with E-state index in [0.29, 0.717) is 17.2 Å². The number of rotatable bonds is 3. The zero-order valence-electron chi connectivity index (χ0n) is 11.3. The Morgan fingerprint density at radius 1 is 1.40 bits per heavy atom. The van der Waals surface area contributed by atoms with Crippen LogP contribution in [0, 0.1) is 5.82 Å². The number of benzene rings is 1. The Kier molecular flexibility index (Phi) is 4.26. The van der Waals surface area contributed by atoms with Gasteiger partial charge in [-0.15, -0.1) is 0 Å². The number of hydrogen-bond acceptors (Lipinski definition) is 3. The average molecular weight is 300 g/mol. The highest BCUT2D eigenvalue weighted by Crippen LogP contribution is 2.35. The third-order valence-electron chi connectivity index (χ3n) is 4.18. The van der Waals surface area contributed by atoms with Gasteiger partial charge in [-0.1, -0.05) is 17.7 Å². The van der Waals surface area contributed by atoms with Gasteiger partial charge in [-0.3, -0.25) is 0 Å². The highest BCUT2D eigenvalue weighted by atomic mass is 35.5. The molecule has 2 aliphatic heterocycles. The topological polar surface area (TPSA) is 30.5 Å². The van der Waals surface area contributed by atoms with Crippen molar-refractivity contribution in [1.82, 2.24) is 5.32 Å². The summed E-state index contributed by atoms with van der Waals surface area (Å²) in [6.07, 6.45) is 3.02. The maximum Gasteiger partial charge on any atom is 0.130 e. The molecule has 3 rings (SSSR count). The van der Waals surface area contributed by atoms with Gasteiger partial charge in [0.05, 0.1) is 24.9 Å². The summed E-state index contributed by atoms with van der Waals surface area (Å²) in [6, 6.07) is 4.68. The normalized spacial score (nSPS) is 25.2. The van der Waals surface area contributed by atoms with E-state index in [9.17, 15) is 4.39 Å². The minimum absolute atomic E-state index is 0.0194. The zero-order chi connectivity index (χ0) is 14.0. The minimum Gasteiger partial charge on any atom is -0.372 e. The van der Waals surface area contributed by atoms with E-state index in [-0.39, 0.29) is 24.1 Å². The molecule has 1 atom stereocenters. The molecule has 1 aromatic carbocycles. The summed E-state index contributed by atoms with van der Waals surface area (Å²) in [5.41, 5.74) is 0.523. The van der Waals surface area contributed by atoms with Gasteiger partial charge in [0, 0.05) is 17.0 Å². The number of piperidine rings is 1. The van der Waals surface area contributed by atoms with Crippen molar-refractivity contribution in [2.75, 3.05) is 19.7 Å². The maximum absolute atomic E-state index is 13.7. The monoisotopic (exact) mass is 299 g/mol. The summed E-state index contributed by atoms with van der Waals surface area (Å²) >= 11 is 5.73. The van der Waals surface area contributed by atoms with Gasteiger partial charge in [-0.2, -0.15) is 0 Å². The van der Waals surface area contributed by atoms with Crippen molar-refractivity contribution < 1.29 is 13.9 Å². The van der Waals surface area contributed by atoms with Gasteiger partial charge >= 0.3 is 0 Å². The first-order chi connectivity index (χ1) is 9.67. The number of nitrogens with one attached hydrogen (secondary N) is 1. The zero-order valence-corrected chi connectivity index (χ0v) is 12.1. The first-order valence-corrected chi connectivity index (χ1v) is 7.45. The van der Waals surface area contributed by atoms with Crippen LogP contribution in [0.2, 0.25) is 5.02 Å². The first kappa shape index (κ1) is 14.3. The molecular formula is C15H19ClFNO2. The van der Waals surface area contributed by atoms with Crippen molar-refractivity contribution in [3.8, 4) is 0 Å². The molecule has 110 valence electrons. The summed E-state index contributed by atoms with van der Waals surface area (Å²) in [7, 11) is 0. The van der Waals surface area contributed by atoms with E-state index in [2.05, 4.69) is 5.32 Å². The van der Waals surface area contributed by atoms with Crippen LogP contribution in [0.25, 0.3) is 0 Å². The predicted octanol–water partition coefficient (Wildman–Crippen LogP) is 2.91. The lowest BCUT2D eigenvalue weighted by Gasteiger charge is -2.32. The van der Waals surface area contributed by atoms with Gasteiger partial charge in [-0.25, -0.2) is 4.39 Å². The number of ether oxygens (including phenoxy) is 2. The summed E-state index contributed by atoms with van der Waals surface area (Å²) in [5.74, 6) is -0.312. The largest absolute Gasteiger partial charge is 0.372 e. The maximum atomic E-state index is 13.7. The number of halogens is 2. The molecule has 2 saturated heterocycles. The van der Waals surface area contributed by atoms with Gasteiger partial charge < -0.3 is 14.8 Å². The van der Waals surface area contributed by atoms with E-state index in [1.54, 1.807) is 12.1 Å². The van der Waals surface area contributed by atoms with Gasteiger partial charge in [0.25, 0.3) is 0 Å². The summed E-state index contributed by atoms with van der Waals surface area (Å²) in [6.45, 7) is 2.87. The lowest BCUT2D eigenvalue weighted by atomic mass is 9.89. The van der Waals surface area contributed by atoms with Gasteiger partial charge in [0.15, 0.2) is 0 Å². The van der Waals surface area contributed by atoms with Gasteiger partial charge in [0.1, 0.15) is 5.82 Å². The van der Waals surface area contributed by atoms with Crippen LogP contribution in [0.15, 0.2) is 18.2 Å². The Morgan fingerprint density at radius 2 is 2.20 bits per heavy atom. The molecule has 0 aromatic heterocycles. The minimum atomic E-state index is -0.312. The Hall–Kier alpha value is -0.680. The fraction of sp³-hybridized carbons (Fsp3) is 0.600. The van der Waals surface area contributed by atoms with Crippen LogP contribution in [0.5, 0.6) is 0 Å². The Bertz CT molecular complexity index is 477. The third kappa shape index (κ3) is 3.14. The molecule has 1 unspecified atom stereocenters. The van der Waals surface area contributed by atoms with Gasteiger partial charge in [0.2, 0.25) is 0 Å². The molecule has 20 heavy (non-hydrogen) atoms.